The zero-order valence-electron chi connectivity index (χ0n) is 12.5. The molecule has 0 bridgehead atoms. The minimum Gasteiger partial charge on any atom is -0.343 e. The maximum atomic E-state index is 11.7. The maximum absolute atomic E-state index is 11.7. The predicted molar refractivity (Wildman–Crippen MR) is 81.4 cm³/mol. The summed E-state index contributed by atoms with van der Waals surface area (Å²) >= 11 is 0. The molecule has 0 aromatic heterocycles. The molecule has 2 rings (SSSR count). The molecule has 1 saturated heterocycles. The smallest absolute Gasteiger partial charge is 0.240 e. The highest BCUT2D eigenvalue weighted by Crippen LogP contribution is 2.22. The Hall–Kier alpha value is -1.40. The first-order valence-electron chi connectivity index (χ1n) is 7.20. The van der Waals surface area contributed by atoms with Crippen LogP contribution in [-0.4, -0.2) is 39.4 Å². The van der Waals surface area contributed by atoms with Gasteiger partial charge in [-0.25, -0.2) is 13.1 Å². The van der Waals surface area contributed by atoms with Crippen LogP contribution in [0.3, 0.4) is 0 Å². The second-order valence-electron chi connectivity index (χ2n) is 5.51. The molecule has 21 heavy (non-hydrogen) atoms. The number of sulfonamides is 1. The number of nitrogens with zero attached hydrogens (tertiary/aromatic N) is 1. The van der Waals surface area contributed by atoms with Crippen molar-refractivity contribution >= 4 is 15.9 Å². The molecule has 1 heterocycles. The molecule has 0 saturated carbocycles. The van der Waals surface area contributed by atoms with Gasteiger partial charge in [-0.15, -0.1) is 0 Å². The van der Waals surface area contributed by atoms with Crippen molar-refractivity contribution in [2.75, 3.05) is 20.1 Å². The van der Waals surface area contributed by atoms with Crippen LogP contribution in [0, 0.1) is 5.92 Å². The van der Waals surface area contributed by atoms with Gasteiger partial charge in [-0.1, -0.05) is 12.1 Å². The minimum absolute atomic E-state index is 0.148. The number of rotatable bonds is 4. The van der Waals surface area contributed by atoms with E-state index in [1.807, 2.05) is 17.0 Å². The largest absolute Gasteiger partial charge is 0.343 e. The third kappa shape index (κ3) is 4.04. The standard InChI is InChI=1S/C15H22N2O3S/c1-12(18)17-9-7-14(8-10-17)11-13-3-5-15(6-4-13)21(19,20)16-2/h3-6,14,16H,7-11H2,1-2H3. The molecule has 0 spiro atoms. The first-order chi connectivity index (χ1) is 9.92. The second kappa shape index (κ2) is 6.58. The van der Waals surface area contributed by atoms with Gasteiger partial charge in [-0.3, -0.25) is 4.79 Å². The highest BCUT2D eigenvalue weighted by atomic mass is 32.2. The van der Waals surface area contributed by atoms with Crippen molar-refractivity contribution in [2.24, 2.45) is 5.92 Å². The lowest BCUT2D eigenvalue weighted by Gasteiger charge is -2.31. The van der Waals surface area contributed by atoms with Gasteiger partial charge in [0.25, 0.3) is 0 Å². The molecule has 1 N–H and O–H groups in total. The van der Waals surface area contributed by atoms with Gasteiger partial charge in [0, 0.05) is 20.0 Å². The van der Waals surface area contributed by atoms with E-state index in [9.17, 15) is 13.2 Å². The quantitative estimate of drug-likeness (QED) is 0.914. The van der Waals surface area contributed by atoms with Crippen LogP contribution in [0.2, 0.25) is 0 Å². The Balaban J connectivity index is 1.94. The Morgan fingerprint density at radius 2 is 1.81 bits per heavy atom. The van der Waals surface area contributed by atoms with Gasteiger partial charge in [0.15, 0.2) is 0 Å². The highest BCUT2D eigenvalue weighted by Gasteiger charge is 2.21. The molecule has 1 fully saturated rings. The predicted octanol–water partition coefficient (Wildman–Crippen LogP) is 1.40. The van der Waals surface area contributed by atoms with E-state index in [1.54, 1.807) is 19.1 Å². The van der Waals surface area contributed by atoms with Crippen molar-refractivity contribution in [3.8, 4) is 0 Å². The molecular weight excluding hydrogens is 288 g/mol. The summed E-state index contributed by atoms with van der Waals surface area (Å²) in [6.07, 6.45) is 2.96. The number of carbonyl (C=O) groups is 1. The van der Waals surface area contributed by atoms with E-state index in [2.05, 4.69) is 4.72 Å². The lowest BCUT2D eigenvalue weighted by Crippen LogP contribution is -2.37. The van der Waals surface area contributed by atoms with Crippen LogP contribution in [0.15, 0.2) is 29.2 Å². The molecule has 6 heteroatoms. The van der Waals surface area contributed by atoms with Crippen molar-refractivity contribution < 1.29 is 13.2 Å². The topological polar surface area (TPSA) is 66.5 Å². The number of likely N-dealkylation sites (tertiary alicyclic amines) is 1. The van der Waals surface area contributed by atoms with Crippen LogP contribution < -0.4 is 4.72 Å². The zero-order valence-corrected chi connectivity index (χ0v) is 13.3. The van der Waals surface area contributed by atoms with Gasteiger partial charge in [-0.05, 0) is 49.9 Å². The van der Waals surface area contributed by atoms with Crippen LogP contribution in [-0.2, 0) is 21.2 Å². The average Bonchev–Trinajstić information content (AvgIpc) is 2.48. The Morgan fingerprint density at radius 3 is 2.29 bits per heavy atom. The van der Waals surface area contributed by atoms with E-state index in [4.69, 9.17) is 0 Å². The number of benzene rings is 1. The Bertz CT molecular complexity index is 588. The Labute approximate surface area is 126 Å². The number of hydrogen-bond donors (Lipinski definition) is 1. The van der Waals surface area contributed by atoms with E-state index in [-0.39, 0.29) is 5.91 Å². The van der Waals surface area contributed by atoms with Gasteiger partial charge in [-0.2, -0.15) is 0 Å². The number of hydrogen-bond acceptors (Lipinski definition) is 3. The van der Waals surface area contributed by atoms with Crippen LogP contribution in [0.25, 0.3) is 0 Å². The van der Waals surface area contributed by atoms with Crippen molar-refractivity contribution in [3.63, 3.8) is 0 Å². The fraction of sp³-hybridized carbons (Fsp3) is 0.533. The summed E-state index contributed by atoms with van der Waals surface area (Å²) in [5.74, 6) is 0.711. The SMILES string of the molecule is CNS(=O)(=O)c1ccc(CC2CCN(C(C)=O)CC2)cc1. The maximum Gasteiger partial charge on any atom is 0.240 e. The van der Waals surface area contributed by atoms with Gasteiger partial charge in [0.2, 0.25) is 15.9 Å². The summed E-state index contributed by atoms with van der Waals surface area (Å²) in [4.78, 5) is 13.5. The van der Waals surface area contributed by atoms with Crippen LogP contribution >= 0.6 is 0 Å². The summed E-state index contributed by atoms with van der Waals surface area (Å²) in [5, 5.41) is 0. The Kier molecular flexibility index (Phi) is 5.00. The monoisotopic (exact) mass is 310 g/mol. The molecule has 0 atom stereocenters. The number of carbonyl (C=O) groups excluding carboxylic acids is 1. The van der Waals surface area contributed by atoms with Gasteiger partial charge < -0.3 is 4.90 Å². The molecule has 116 valence electrons. The van der Waals surface area contributed by atoms with Crippen molar-refractivity contribution in [1.29, 1.82) is 0 Å². The van der Waals surface area contributed by atoms with E-state index in [1.165, 1.54) is 7.05 Å². The third-order valence-corrected chi connectivity index (χ3v) is 5.52. The summed E-state index contributed by atoms with van der Waals surface area (Å²) in [6.45, 7) is 3.26. The lowest BCUT2D eigenvalue weighted by atomic mass is 9.90. The summed E-state index contributed by atoms with van der Waals surface area (Å²) in [7, 11) is -1.95. The van der Waals surface area contributed by atoms with Gasteiger partial charge in [0.1, 0.15) is 0 Å². The molecular formula is C15H22N2O3S. The fourth-order valence-corrected chi connectivity index (χ4v) is 3.44. The molecule has 0 radical (unpaired) electrons. The number of nitrogens with one attached hydrogen (secondary N) is 1. The van der Waals surface area contributed by atoms with Crippen LogP contribution in [0.4, 0.5) is 0 Å². The van der Waals surface area contributed by atoms with Crippen molar-refractivity contribution in [3.05, 3.63) is 29.8 Å². The summed E-state index contributed by atoms with van der Waals surface area (Å²) in [6, 6.07) is 7.04. The first-order valence-corrected chi connectivity index (χ1v) is 8.68. The van der Waals surface area contributed by atoms with E-state index >= 15 is 0 Å². The summed E-state index contributed by atoms with van der Waals surface area (Å²) in [5.41, 5.74) is 1.14. The van der Waals surface area contributed by atoms with E-state index in [0.717, 1.165) is 37.9 Å². The normalized spacial score (nSPS) is 17.0. The molecule has 1 aliphatic rings. The van der Waals surface area contributed by atoms with E-state index in [0.29, 0.717) is 10.8 Å². The van der Waals surface area contributed by atoms with Crippen molar-refractivity contribution in [2.45, 2.75) is 31.1 Å². The van der Waals surface area contributed by atoms with E-state index < -0.39 is 10.0 Å². The minimum atomic E-state index is -3.36. The number of piperidine rings is 1. The molecule has 1 aromatic rings. The zero-order chi connectivity index (χ0) is 15.5. The molecule has 1 aromatic carbocycles. The van der Waals surface area contributed by atoms with Crippen LogP contribution in [0.1, 0.15) is 25.3 Å². The molecule has 5 nitrogen and oxygen atoms in total. The second-order valence-corrected chi connectivity index (χ2v) is 7.39. The third-order valence-electron chi connectivity index (χ3n) is 4.09. The fourth-order valence-electron chi connectivity index (χ4n) is 2.71. The average molecular weight is 310 g/mol. The first kappa shape index (κ1) is 16.0. The van der Waals surface area contributed by atoms with Gasteiger partial charge in [0.05, 0.1) is 4.90 Å². The molecule has 0 aliphatic carbocycles. The highest BCUT2D eigenvalue weighted by molar-refractivity contribution is 7.89. The van der Waals surface area contributed by atoms with Crippen LogP contribution in [0.5, 0.6) is 0 Å². The number of amides is 1. The molecule has 0 unspecified atom stereocenters. The lowest BCUT2D eigenvalue weighted by molar-refractivity contribution is -0.130. The summed E-state index contributed by atoms with van der Waals surface area (Å²) < 4.78 is 25.6. The Morgan fingerprint density at radius 1 is 1.24 bits per heavy atom. The van der Waals surface area contributed by atoms with Crippen molar-refractivity contribution in [1.82, 2.24) is 9.62 Å². The van der Waals surface area contributed by atoms with Gasteiger partial charge >= 0.3 is 0 Å². The molecule has 1 amide bonds. The molecule has 1 aliphatic heterocycles.